The summed E-state index contributed by atoms with van der Waals surface area (Å²) in [6.45, 7) is 9.57. The highest BCUT2D eigenvalue weighted by atomic mass is 16.6. The van der Waals surface area contributed by atoms with Crippen molar-refractivity contribution >= 4 is 24.8 Å². The van der Waals surface area contributed by atoms with Crippen molar-refractivity contribution in [3.63, 3.8) is 0 Å². The van der Waals surface area contributed by atoms with Crippen molar-refractivity contribution in [2.45, 2.75) is 77.5 Å². The summed E-state index contributed by atoms with van der Waals surface area (Å²) < 4.78 is 11.7. The van der Waals surface area contributed by atoms with Gasteiger partial charge in [-0.25, -0.2) is 4.98 Å². The van der Waals surface area contributed by atoms with E-state index in [0.29, 0.717) is 18.7 Å². The van der Waals surface area contributed by atoms with E-state index in [1.54, 1.807) is 25.1 Å². The summed E-state index contributed by atoms with van der Waals surface area (Å²) in [7, 11) is 0.937. The molecule has 210 valence electrons. The minimum atomic E-state index is -1.16. The van der Waals surface area contributed by atoms with E-state index in [-0.39, 0.29) is 29.9 Å². The maximum Gasteiger partial charge on any atom is 0.531 e. The number of aliphatic hydroxyl groups excluding tert-OH is 1. The predicted octanol–water partition coefficient (Wildman–Crippen LogP) is 3.37. The van der Waals surface area contributed by atoms with Crippen LogP contribution in [0.5, 0.6) is 0 Å². The van der Waals surface area contributed by atoms with Crippen LogP contribution in [0, 0.1) is 5.92 Å². The molecule has 0 spiro atoms. The van der Waals surface area contributed by atoms with Gasteiger partial charge in [0.25, 0.3) is 5.91 Å². The number of hydrogen-bond donors (Lipinski definition) is 2. The molecule has 1 aromatic carbocycles. The number of aromatic nitrogens is 1. The number of carbonyl (C=O) groups is 3. The van der Waals surface area contributed by atoms with E-state index in [1.807, 2.05) is 63.1 Å². The number of carbonyl (C=O) groups excluding carboxylic acids is 3. The highest BCUT2D eigenvalue weighted by Crippen LogP contribution is 2.29. The average molecular weight is 537 g/mol. The minimum Gasteiger partial charge on any atom is -0.508 e. The molecule has 0 bridgehead atoms. The molecule has 0 radical (unpaired) electrons. The van der Waals surface area contributed by atoms with Gasteiger partial charge in [0, 0.05) is 30.5 Å². The Balaban J connectivity index is 1.76. The molecule has 1 fully saturated rings. The lowest BCUT2D eigenvalue weighted by molar-refractivity contribution is -0.144. The molecule has 1 amide bonds. The molecule has 1 saturated heterocycles. The molecule has 5 atom stereocenters. The Labute approximate surface area is 231 Å². The van der Waals surface area contributed by atoms with Crippen LogP contribution in [0.15, 0.2) is 48.5 Å². The quantitative estimate of drug-likeness (QED) is 0.443. The molecule has 39 heavy (non-hydrogen) atoms. The van der Waals surface area contributed by atoms with Gasteiger partial charge < -0.3 is 19.7 Å². The van der Waals surface area contributed by atoms with E-state index in [9.17, 15) is 19.5 Å². The van der Waals surface area contributed by atoms with E-state index in [1.165, 1.54) is 6.92 Å². The first kappa shape index (κ1) is 30.5. The van der Waals surface area contributed by atoms with E-state index in [2.05, 4.69) is 10.3 Å². The normalized spacial score (nSPS) is 20.9. The third kappa shape index (κ3) is 8.21. The first-order valence-corrected chi connectivity index (χ1v) is 13.6. The standard InChI is InChI=1S/C29H40BN3O6/c1-18(2)15-23(30-38-17-19(3)33(6)20(4)29(37)39-30)16-26(35)27(21(5)34)32-28(36)25-14-10-13-24(31-25)22-11-8-7-9-12-22/h7-14,18-21,23,27,34H,15-17H2,1-6H3,(H,32,36)/t19-,20-,21-,23-,27+/m1/s1. The number of Topliss-reactive ketones (excluding diaryl/α,β-unsaturated/α-hetero) is 1. The van der Waals surface area contributed by atoms with Gasteiger partial charge in [0.15, 0.2) is 5.78 Å². The SMILES string of the molecule is CC(C)C[C@H](CC(=O)[C@@H](NC(=O)c1cccc(-c2ccccc2)n1)[C@@H](C)O)B1OC[C@@H](C)N(C)[C@H](C)C(=O)O1. The fourth-order valence-electron chi connectivity index (χ4n) is 4.68. The van der Waals surface area contributed by atoms with E-state index < -0.39 is 43.0 Å². The fourth-order valence-corrected chi connectivity index (χ4v) is 4.68. The van der Waals surface area contributed by atoms with Crippen molar-refractivity contribution in [2.24, 2.45) is 5.92 Å². The summed E-state index contributed by atoms with van der Waals surface area (Å²) in [6, 6.07) is 12.9. The van der Waals surface area contributed by atoms with Crippen molar-refractivity contribution in [3.8, 4) is 11.3 Å². The summed E-state index contributed by atoms with van der Waals surface area (Å²) >= 11 is 0. The number of amides is 1. The zero-order valence-corrected chi connectivity index (χ0v) is 23.7. The zero-order chi connectivity index (χ0) is 28.7. The highest BCUT2D eigenvalue weighted by molar-refractivity contribution is 6.49. The second-order valence-corrected chi connectivity index (χ2v) is 10.9. The van der Waals surface area contributed by atoms with E-state index in [4.69, 9.17) is 9.31 Å². The topological polar surface area (TPSA) is 118 Å². The Bertz CT molecular complexity index is 1130. The summed E-state index contributed by atoms with van der Waals surface area (Å²) in [5.41, 5.74) is 1.62. The lowest BCUT2D eigenvalue weighted by atomic mass is 9.64. The van der Waals surface area contributed by atoms with Crippen LogP contribution in [0.3, 0.4) is 0 Å². The number of nitrogens with one attached hydrogen (secondary N) is 1. The molecule has 0 aliphatic carbocycles. The van der Waals surface area contributed by atoms with Crippen LogP contribution in [0.4, 0.5) is 0 Å². The third-order valence-corrected chi connectivity index (χ3v) is 7.17. The average Bonchev–Trinajstić information content (AvgIpc) is 2.91. The molecule has 9 nitrogen and oxygen atoms in total. The number of benzene rings is 1. The van der Waals surface area contributed by atoms with E-state index in [0.717, 1.165) is 5.56 Å². The molecular formula is C29H40BN3O6. The molecule has 0 unspecified atom stereocenters. The highest BCUT2D eigenvalue weighted by Gasteiger charge is 2.41. The lowest BCUT2D eigenvalue weighted by Crippen LogP contribution is -2.52. The van der Waals surface area contributed by atoms with Crippen LogP contribution in [0.25, 0.3) is 11.3 Å². The van der Waals surface area contributed by atoms with Crippen molar-refractivity contribution in [2.75, 3.05) is 13.7 Å². The first-order valence-electron chi connectivity index (χ1n) is 13.6. The van der Waals surface area contributed by atoms with Crippen molar-refractivity contribution < 1.29 is 28.8 Å². The third-order valence-electron chi connectivity index (χ3n) is 7.17. The summed E-state index contributed by atoms with van der Waals surface area (Å²) in [4.78, 5) is 45.7. The summed E-state index contributed by atoms with van der Waals surface area (Å²) in [5.74, 6) is -1.60. The Kier molecular flexibility index (Phi) is 10.8. The van der Waals surface area contributed by atoms with Crippen molar-refractivity contribution in [1.29, 1.82) is 0 Å². The molecule has 2 heterocycles. The monoisotopic (exact) mass is 537 g/mol. The predicted molar refractivity (Wildman–Crippen MR) is 150 cm³/mol. The summed E-state index contributed by atoms with van der Waals surface area (Å²) in [6.07, 6.45) is -0.626. The van der Waals surface area contributed by atoms with Gasteiger partial charge in [-0.1, -0.05) is 50.2 Å². The van der Waals surface area contributed by atoms with Crippen LogP contribution in [-0.4, -0.2) is 77.7 Å². The van der Waals surface area contributed by atoms with Gasteiger partial charge in [-0.05, 0) is 52.3 Å². The minimum absolute atomic E-state index is 0.0191. The molecule has 2 aromatic rings. The smallest absolute Gasteiger partial charge is 0.508 e. The Morgan fingerprint density at radius 2 is 1.82 bits per heavy atom. The Hall–Kier alpha value is -3.08. The van der Waals surface area contributed by atoms with Crippen LogP contribution in [0.1, 0.15) is 57.9 Å². The largest absolute Gasteiger partial charge is 0.531 e. The van der Waals surface area contributed by atoms with Crippen LogP contribution in [-0.2, 0) is 18.9 Å². The maximum atomic E-state index is 13.5. The van der Waals surface area contributed by atoms with Gasteiger partial charge in [0.2, 0.25) is 0 Å². The molecular weight excluding hydrogens is 497 g/mol. The molecule has 0 saturated carbocycles. The second kappa shape index (κ2) is 13.8. The molecule has 1 aliphatic heterocycles. The van der Waals surface area contributed by atoms with E-state index >= 15 is 0 Å². The molecule has 2 N–H and O–H groups in total. The van der Waals surface area contributed by atoms with Crippen LogP contribution < -0.4 is 5.32 Å². The van der Waals surface area contributed by atoms with Gasteiger partial charge >= 0.3 is 13.1 Å². The molecule has 3 rings (SSSR count). The van der Waals surface area contributed by atoms with Crippen molar-refractivity contribution in [3.05, 3.63) is 54.2 Å². The Morgan fingerprint density at radius 1 is 1.13 bits per heavy atom. The molecule has 1 aromatic heterocycles. The van der Waals surface area contributed by atoms with Gasteiger partial charge in [-0.15, -0.1) is 0 Å². The first-order chi connectivity index (χ1) is 18.5. The lowest BCUT2D eigenvalue weighted by Gasteiger charge is -2.35. The fraction of sp³-hybridized carbons (Fsp3) is 0.517. The van der Waals surface area contributed by atoms with Gasteiger partial charge in [-0.3, -0.25) is 19.3 Å². The summed E-state index contributed by atoms with van der Waals surface area (Å²) in [5, 5.41) is 13.1. The molecule has 10 heteroatoms. The number of aliphatic hydroxyl groups is 1. The number of nitrogens with zero attached hydrogens (tertiary/aromatic N) is 2. The number of hydrogen-bond acceptors (Lipinski definition) is 8. The maximum absolute atomic E-state index is 13.5. The number of pyridine rings is 1. The second-order valence-electron chi connectivity index (χ2n) is 10.9. The number of likely N-dealkylation sites (N-methyl/N-ethyl adjacent to an activating group) is 1. The van der Waals surface area contributed by atoms with Gasteiger partial charge in [0.05, 0.1) is 11.8 Å². The molecule has 1 aliphatic rings. The Morgan fingerprint density at radius 3 is 2.46 bits per heavy atom. The number of ketones is 1. The number of rotatable bonds is 10. The van der Waals surface area contributed by atoms with Crippen LogP contribution >= 0.6 is 0 Å². The van der Waals surface area contributed by atoms with Crippen LogP contribution in [0.2, 0.25) is 5.82 Å². The van der Waals surface area contributed by atoms with Crippen molar-refractivity contribution in [1.82, 2.24) is 15.2 Å². The zero-order valence-electron chi connectivity index (χ0n) is 23.7. The van der Waals surface area contributed by atoms with Gasteiger partial charge in [0.1, 0.15) is 17.8 Å². The van der Waals surface area contributed by atoms with Gasteiger partial charge in [-0.2, -0.15) is 0 Å².